The van der Waals surface area contributed by atoms with E-state index in [4.69, 9.17) is 44.3 Å². The minimum atomic E-state index is 0.327. The van der Waals surface area contributed by atoms with Gasteiger partial charge in [0.05, 0.1) is 10.7 Å². The van der Waals surface area contributed by atoms with Crippen molar-refractivity contribution < 1.29 is 9.47 Å². The first-order chi connectivity index (χ1) is 15.6. The third-order valence-electron chi connectivity index (χ3n) is 5.51. The zero-order valence-electron chi connectivity index (χ0n) is 17.6. The number of rotatable bonds is 4. The molecule has 2 aliphatic heterocycles. The standard InChI is InChI=1S/C19H20Cl2N2O2.C6H5Cl/c20-15-2-3-17(16(21)12-15)23-9-7-22(8-10-23)6-5-14-1-4-18-19(11-14)25-13-24-18;7-6-4-2-1-3-5-6/h1-4,11-12H,5-10,13H2;1-5H. The highest BCUT2D eigenvalue weighted by atomic mass is 35.5. The summed E-state index contributed by atoms with van der Waals surface area (Å²) in [5.41, 5.74) is 2.36. The van der Waals surface area contributed by atoms with Crippen LogP contribution in [0.3, 0.4) is 0 Å². The molecule has 0 unspecified atom stereocenters. The van der Waals surface area contributed by atoms with Gasteiger partial charge in [0.15, 0.2) is 11.5 Å². The van der Waals surface area contributed by atoms with E-state index in [1.54, 1.807) is 0 Å². The van der Waals surface area contributed by atoms with E-state index >= 15 is 0 Å². The molecule has 0 atom stereocenters. The Morgan fingerprint density at radius 1 is 0.719 bits per heavy atom. The van der Waals surface area contributed by atoms with Gasteiger partial charge in [-0.05, 0) is 54.4 Å². The number of fused-ring (bicyclic) bond motifs is 1. The Kier molecular flexibility index (Phi) is 8.04. The Bertz CT molecular complexity index is 1020. The van der Waals surface area contributed by atoms with Gasteiger partial charge < -0.3 is 14.4 Å². The van der Waals surface area contributed by atoms with Crippen LogP contribution in [0.15, 0.2) is 66.7 Å². The SMILES string of the molecule is Clc1ccc(N2CCN(CCc3ccc4c(c3)OCO4)CC2)c(Cl)c1.Clc1ccccc1. The number of piperazine rings is 1. The van der Waals surface area contributed by atoms with Crippen molar-refractivity contribution in [2.75, 3.05) is 44.4 Å². The van der Waals surface area contributed by atoms with Crippen molar-refractivity contribution >= 4 is 40.5 Å². The number of ether oxygens (including phenoxy) is 2. The second-order valence-electron chi connectivity index (χ2n) is 7.66. The number of halogens is 3. The summed E-state index contributed by atoms with van der Waals surface area (Å²) in [5.74, 6) is 1.71. The van der Waals surface area contributed by atoms with Crippen LogP contribution < -0.4 is 14.4 Å². The summed E-state index contributed by atoms with van der Waals surface area (Å²) in [6.45, 7) is 5.38. The molecule has 0 aromatic heterocycles. The number of hydrogen-bond acceptors (Lipinski definition) is 4. The quantitative estimate of drug-likeness (QED) is 0.420. The second-order valence-corrected chi connectivity index (χ2v) is 8.94. The predicted octanol–water partition coefficient (Wildman–Crippen LogP) is 6.43. The van der Waals surface area contributed by atoms with E-state index in [9.17, 15) is 0 Å². The zero-order valence-corrected chi connectivity index (χ0v) is 19.9. The minimum absolute atomic E-state index is 0.327. The molecule has 0 N–H and O–H groups in total. The fraction of sp³-hybridized carbons (Fsp3) is 0.280. The van der Waals surface area contributed by atoms with E-state index in [0.717, 1.165) is 66.4 Å². The van der Waals surface area contributed by atoms with Crippen LogP contribution in [0.5, 0.6) is 11.5 Å². The highest BCUT2D eigenvalue weighted by molar-refractivity contribution is 6.36. The Morgan fingerprint density at radius 3 is 2.16 bits per heavy atom. The molecule has 2 heterocycles. The van der Waals surface area contributed by atoms with Crippen molar-refractivity contribution in [3.63, 3.8) is 0 Å². The van der Waals surface area contributed by atoms with Gasteiger partial charge in [0.1, 0.15) is 0 Å². The van der Waals surface area contributed by atoms with Crippen LogP contribution in [0, 0.1) is 0 Å². The molecule has 2 aliphatic rings. The van der Waals surface area contributed by atoms with Crippen LogP contribution in [-0.4, -0.2) is 44.4 Å². The van der Waals surface area contributed by atoms with Gasteiger partial charge in [0, 0.05) is 42.8 Å². The van der Waals surface area contributed by atoms with Crippen molar-refractivity contribution in [1.82, 2.24) is 4.90 Å². The molecule has 32 heavy (non-hydrogen) atoms. The summed E-state index contributed by atoms with van der Waals surface area (Å²) < 4.78 is 10.8. The molecule has 4 nitrogen and oxygen atoms in total. The first-order valence-corrected chi connectivity index (χ1v) is 11.7. The van der Waals surface area contributed by atoms with Gasteiger partial charge in [0.25, 0.3) is 0 Å². The first-order valence-electron chi connectivity index (χ1n) is 10.6. The van der Waals surface area contributed by atoms with Crippen LogP contribution in [0.1, 0.15) is 5.56 Å². The molecule has 168 valence electrons. The molecule has 0 bridgehead atoms. The smallest absolute Gasteiger partial charge is 0.231 e. The van der Waals surface area contributed by atoms with Gasteiger partial charge in [-0.2, -0.15) is 0 Å². The third kappa shape index (κ3) is 6.23. The molecule has 0 aliphatic carbocycles. The molecule has 3 aromatic rings. The van der Waals surface area contributed by atoms with E-state index in [1.165, 1.54) is 5.56 Å². The summed E-state index contributed by atoms with van der Waals surface area (Å²) in [6.07, 6.45) is 1.01. The number of benzene rings is 3. The maximum atomic E-state index is 6.33. The van der Waals surface area contributed by atoms with Gasteiger partial charge in [-0.3, -0.25) is 4.90 Å². The van der Waals surface area contributed by atoms with Gasteiger partial charge in [0.2, 0.25) is 6.79 Å². The highest BCUT2D eigenvalue weighted by Crippen LogP contribution is 2.33. The van der Waals surface area contributed by atoms with Crippen LogP contribution in [-0.2, 0) is 6.42 Å². The topological polar surface area (TPSA) is 24.9 Å². The Hall–Kier alpha value is -2.11. The van der Waals surface area contributed by atoms with Gasteiger partial charge in [-0.25, -0.2) is 0 Å². The Morgan fingerprint density at radius 2 is 1.47 bits per heavy atom. The number of nitrogens with zero attached hydrogens (tertiary/aromatic N) is 2. The second kappa shape index (κ2) is 11.2. The molecule has 1 fully saturated rings. The van der Waals surface area contributed by atoms with E-state index in [-0.39, 0.29) is 0 Å². The maximum Gasteiger partial charge on any atom is 0.231 e. The van der Waals surface area contributed by atoms with E-state index in [1.807, 2.05) is 54.6 Å². The van der Waals surface area contributed by atoms with Gasteiger partial charge in [-0.15, -0.1) is 0 Å². The monoisotopic (exact) mass is 490 g/mol. The van der Waals surface area contributed by atoms with Crippen LogP contribution in [0.4, 0.5) is 5.69 Å². The van der Waals surface area contributed by atoms with Crippen molar-refractivity contribution in [3.8, 4) is 11.5 Å². The molecule has 1 saturated heterocycles. The fourth-order valence-electron chi connectivity index (χ4n) is 3.75. The Labute approximate surface area is 204 Å². The predicted molar refractivity (Wildman–Crippen MR) is 133 cm³/mol. The van der Waals surface area contributed by atoms with E-state index in [0.29, 0.717) is 11.8 Å². The number of hydrogen-bond donors (Lipinski definition) is 0. The summed E-state index contributed by atoms with van der Waals surface area (Å²) in [5, 5.41) is 2.19. The third-order valence-corrected chi connectivity index (χ3v) is 6.30. The lowest BCUT2D eigenvalue weighted by Gasteiger charge is -2.36. The summed E-state index contributed by atoms with van der Waals surface area (Å²) in [7, 11) is 0. The maximum absolute atomic E-state index is 6.33. The molecular weight excluding hydrogens is 467 g/mol. The molecular formula is C25H25Cl3N2O2. The van der Waals surface area contributed by atoms with Crippen molar-refractivity contribution in [1.29, 1.82) is 0 Å². The highest BCUT2D eigenvalue weighted by Gasteiger charge is 2.19. The lowest BCUT2D eigenvalue weighted by molar-refractivity contribution is 0.174. The van der Waals surface area contributed by atoms with Crippen molar-refractivity contribution in [2.24, 2.45) is 0 Å². The van der Waals surface area contributed by atoms with E-state index in [2.05, 4.69) is 21.9 Å². The average molecular weight is 492 g/mol. The molecule has 7 heteroatoms. The summed E-state index contributed by atoms with van der Waals surface area (Å²) in [6, 6.07) is 21.4. The average Bonchev–Trinajstić information content (AvgIpc) is 3.27. The van der Waals surface area contributed by atoms with E-state index < -0.39 is 0 Å². The van der Waals surface area contributed by atoms with Crippen molar-refractivity contribution in [2.45, 2.75) is 6.42 Å². The van der Waals surface area contributed by atoms with Crippen LogP contribution in [0.2, 0.25) is 15.1 Å². The van der Waals surface area contributed by atoms with Gasteiger partial charge in [-0.1, -0.05) is 59.1 Å². The molecule has 3 aromatic carbocycles. The zero-order chi connectivity index (χ0) is 22.3. The molecule has 0 spiro atoms. The summed E-state index contributed by atoms with van der Waals surface area (Å²) in [4.78, 5) is 4.82. The first kappa shape index (κ1) is 23.1. The molecule has 0 amide bonds. The van der Waals surface area contributed by atoms with Gasteiger partial charge >= 0.3 is 0 Å². The van der Waals surface area contributed by atoms with Crippen molar-refractivity contribution in [3.05, 3.63) is 87.4 Å². The minimum Gasteiger partial charge on any atom is -0.454 e. The summed E-state index contributed by atoms with van der Waals surface area (Å²) >= 11 is 17.9. The van der Waals surface area contributed by atoms with Crippen LogP contribution >= 0.6 is 34.8 Å². The number of anilines is 1. The fourth-order valence-corrected chi connectivity index (χ4v) is 4.42. The lowest BCUT2D eigenvalue weighted by Crippen LogP contribution is -2.47. The molecule has 0 radical (unpaired) electrons. The largest absolute Gasteiger partial charge is 0.454 e. The normalized spacial score (nSPS) is 15.3. The Balaban J connectivity index is 0.000000300. The van der Waals surface area contributed by atoms with Crippen LogP contribution in [0.25, 0.3) is 0 Å². The molecule has 5 rings (SSSR count). The molecule has 0 saturated carbocycles. The lowest BCUT2D eigenvalue weighted by atomic mass is 10.1.